The average Bonchev–Trinajstić information content (AvgIpc) is 3.83. The lowest BCUT2D eigenvalue weighted by atomic mass is 9.96. The average molecular weight is 1010 g/mol. The Kier molecular flexibility index (Phi) is 26.6. The Morgan fingerprint density at radius 3 is 1.75 bits per heavy atom. The number of aliphatic imine (C=N–C) groups is 1. The molecule has 0 bridgehead atoms. The molecule has 1 aromatic rings. The quantitative estimate of drug-likeness (QED) is 0.0225. The first kappa shape index (κ1) is 61.1. The van der Waals surface area contributed by atoms with Crippen LogP contribution in [-0.2, 0) is 54.4 Å². The van der Waals surface area contributed by atoms with E-state index in [4.69, 9.17) is 17.2 Å². The second-order valence-electron chi connectivity index (χ2n) is 18.2. The van der Waals surface area contributed by atoms with Crippen molar-refractivity contribution in [2.75, 3.05) is 26.2 Å². The van der Waals surface area contributed by atoms with Gasteiger partial charge in [-0.25, -0.2) is 0 Å². The Hall–Kier alpha value is -7.01. The van der Waals surface area contributed by atoms with Crippen LogP contribution in [0.4, 0.5) is 0 Å². The van der Waals surface area contributed by atoms with E-state index in [1.54, 1.807) is 34.6 Å². The molecule has 0 aromatic heterocycles. The Morgan fingerprint density at radius 2 is 1.24 bits per heavy atom. The fraction of sp³-hybridized carbons (Fsp3) is 0.646. The minimum absolute atomic E-state index is 0.0563. The Balaban J connectivity index is 2.46. The van der Waals surface area contributed by atoms with Crippen LogP contribution < -0.4 is 59.7 Å². The number of hydrogen-bond acceptors (Lipinski definition) is 12. The molecule has 1 aromatic carbocycles. The van der Waals surface area contributed by atoms with Gasteiger partial charge in [-0.1, -0.05) is 66.0 Å². The molecule has 24 heteroatoms. The summed E-state index contributed by atoms with van der Waals surface area (Å²) in [4.78, 5) is 139. The summed E-state index contributed by atoms with van der Waals surface area (Å²) < 4.78 is 0. The number of primary amides is 1. The summed E-state index contributed by atoms with van der Waals surface area (Å²) >= 11 is 0. The number of likely N-dealkylation sites (N-methyl/N-ethyl adjacent to an activating group) is 1. The molecule has 0 spiro atoms. The topological polar surface area (TPSA) is 381 Å². The van der Waals surface area contributed by atoms with Gasteiger partial charge in [-0.05, 0) is 75.0 Å². The summed E-state index contributed by atoms with van der Waals surface area (Å²) in [5.74, 6) is -7.84. The fourth-order valence-corrected chi connectivity index (χ4v) is 7.90. The first-order valence-corrected chi connectivity index (χ1v) is 24.8. The van der Waals surface area contributed by atoms with Crippen LogP contribution in [0.25, 0.3) is 0 Å². The Morgan fingerprint density at radius 1 is 0.694 bits per heavy atom. The molecule has 1 fully saturated rings. The molecule has 15 N–H and O–H groups in total. The number of benzene rings is 1. The number of hydrogen-bond donors (Lipinski definition) is 12. The maximum absolute atomic E-state index is 14.4. The molecule has 0 radical (unpaired) electrons. The van der Waals surface area contributed by atoms with Crippen molar-refractivity contribution in [2.45, 2.75) is 161 Å². The molecule has 72 heavy (non-hydrogen) atoms. The molecule has 402 valence electrons. The van der Waals surface area contributed by atoms with Crippen molar-refractivity contribution in [3.8, 4) is 5.75 Å². The van der Waals surface area contributed by atoms with Crippen LogP contribution >= 0.6 is 0 Å². The predicted octanol–water partition coefficient (Wildman–Crippen LogP) is -1.68. The maximum atomic E-state index is 14.4. The van der Waals surface area contributed by atoms with Gasteiger partial charge >= 0.3 is 0 Å². The Labute approximate surface area is 421 Å². The maximum Gasteiger partial charge on any atom is 0.245 e. The highest BCUT2D eigenvalue weighted by atomic mass is 16.3. The number of nitrogens with two attached hydrogens (primary N) is 3. The number of nitrogens with zero attached hydrogens (tertiary/aromatic N) is 2. The van der Waals surface area contributed by atoms with E-state index in [9.17, 15) is 53.1 Å². The summed E-state index contributed by atoms with van der Waals surface area (Å²) in [5.41, 5.74) is 16.9. The molecule has 0 saturated carbocycles. The number of phenols is 1. The lowest BCUT2D eigenvalue weighted by Gasteiger charge is -2.31. The highest BCUT2D eigenvalue weighted by molar-refractivity contribution is 5.98. The molecule has 9 atom stereocenters. The van der Waals surface area contributed by atoms with Crippen LogP contribution in [0.1, 0.15) is 118 Å². The second-order valence-corrected chi connectivity index (χ2v) is 18.2. The van der Waals surface area contributed by atoms with Crippen LogP contribution in [0.3, 0.4) is 0 Å². The number of likely N-dealkylation sites (tertiary alicyclic amines) is 1. The molecule has 1 saturated heterocycles. The zero-order valence-corrected chi connectivity index (χ0v) is 42.8. The van der Waals surface area contributed by atoms with Gasteiger partial charge in [0.15, 0.2) is 5.96 Å². The van der Waals surface area contributed by atoms with Gasteiger partial charge in [0.2, 0.25) is 59.1 Å². The van der Waals surface area contributed by atoms with Crippen LogP contribution in [0.5, 0.6) is 5.75 Å². The number of rotatable bonds is 31. The monoisotopic (exact) mass is 1010 g/mol. The standard InChI is InChI=1S/C48H79N13O11/c1-8-14-32(41(66)59-39(27(5)9-2)45(70)57-34(15-12-23-53-48(50)51)47(72)61-24-13-16-36(61)44(69)52-11-4)56-43(68)35(25-30-17-19-31(63)20-18-30)58-46(71)40(28(6)10-3)60-42(67)33(21-22-37(49)64)55-38(65)26-54-29(7)62/h17-20,27-28,32-36,39-40,63H,8-16,21-26H2,1-7H3,(H2,49,64)(H,52,69)(H,54,62)(H,55,65)(H,56,68)(H,57,70)(H,58,71)(H,59,66)(H,60,67)(H4,50,51,53)/t27-,28-,32-,33-,34-,35-,36-,39-,40+/m0/s1. The first-order chi connectivity index (χ1) is 34.1. The van der Waals surface area contributed by atoms with Crippen LogP contribution in [0.15, 0.2) is 29.3 Å². The van der Waals surface area contributed by atoms with E-state index in [2.05, 4.69) is 47.5 Å². The third-order valence-electron chi connectivity index (χ3n) is 12.4. The van der Waals surface area contributed by atoms with Gasteiger partial charge in [-0.2, -0.15) is 0 Å². The van der Waals surface area contributed by atoms with E-state index >= 15 is 0 Å². The third-order valence-corrected chi connectivity index (χ3v) is 12.4. The molecule has 0 aliphatic carbocycles. The summed E-state index contributed by atoms with van der Waals surface area (Å²) in [6, 6.07) is -2.43. The zero-order valence-electron chi connectivity index (χ0n) is 42.8. The summed E-state index contributed by atoms with van der Waals surface area (Å²) in [6.45, 7) is 12.1. The van der Waals surface area contributed by atoms with Crippen LogP contribution in [0, 0.1) is 11.8 Å². The zero-order chi connectivity index (χ0) is 54.1. The first-order valence-electron chi connectivity index (χ1n) is 24.8. The molecular formula is C48H79N13O11. The van der Waals surface area contributed by atoms with E-state index in [0.717, 1.165) is 0 Å². The number of guanidine groups is 1. The van der Waals surface area contributed by atoms with Crippen molar-refractivity contribution in [2.24, 2.45) is 34.0 Å². The largest absolute Gasteiger partial charge is 0.508 e. The number of phenolic OH excluding ortho intramolecular Hbond substituents is 1. The lowest BCUT2D eigenvalue weighted by molar-refractivity contribution is -0.142. The van der Waals surface area contributed by atoms with Gasteiger partial charge in [0.1, 0.15) is 48.0 Å². The van der Waals surface area contributed by atoms with Crippen molar-refractivity contribution < 1.29 is 53.1 Å². The van der Waals surface area contributed by atoms with Crippen LogP contribution in [0.2, 0.25) is 0 Å². The summed E-state index contributed by atoms with van der Waals surface area (Å²) in [7, 11) is 0. The molecule has 10 amide bonds. The minimum atomic E-state index is -1.38. The van der Waals surface area contributed by atoms with Crippen molar-refractivity contribution in [1.29, 1.82) is 0 Å². The minimum Gasteiger partial charge on any atom is -0.508 e. The normalized spacial score (nSPS) is 16.4. The highest BCUT2D eigenvalue weighted by Gasteiger charge is 2.40. The van der Waals surface area contributed by atoms with Gasteiger partial charge in [-0.15, -0.1) is 0 Å². The van der Waals surface area contributed by atoms with Crippen molar-refractivity contribution >= 4 is 65.0 Å². The predicted molar refractivity (Wildman–Crippen MR) is 268 cm³/mol. The van der Waals surface area contributed by atoms with Crippen molar-refractivity contribution in [3.05, 3.63) is 29.8 Å². The van der Waals surface area contributed by atoms with E-state index in [1.807, 2.05) is 6.92 Å². The highest BCUT2D eigenvalue weighted by Crippen LogP contribution is 2.21. The van der Waals surface area contributed by atoms with Crippen LogP contribution in [-0.4, -0.2) is 144 Å². The SMILES string of the molecule is CCC[C@H](NC(=O)[C@H](Cc1ccc(O)cc1)NC(=O)[C@H](NC(=O)[C@H](CCC(N)=O)NC(=O)CNC(C)=O)[C@@H](C)CC)C(=O)N[C@H](C(=O)N[C@@H](CCCN=C(N)N)C(=O)N1CCC[C@H]1C(=O)NCC)[C@@H](C)CC. The van der Waals surface area contributed by atoms with E-state index in [1.165, 1.54) is 36.1 Å². The van der Waals surface area contributed by atoms with Gasteiger partial charge in [0, 0.05) is 39.4 Å². The molecule has 1 heterocycles. The molecule has 0 unspecified atom stereocenters. The Bertz CT molecular complexity index is 2050. The lowest BCUT2D eigenvalue weighted by Crippen LogP contribution is -2.61. The third kappa shape index (κ3) is 20.8. The number of amides is 10. The van der Waals surface area contributed by atoms with Gasteiger partial charge in [0.05, 0.1) is 6.54 Å². The van der Waals surface area contributed by atoms with Crippen molar-refractivity contribution in [3.63, 3.8) is 0 Å². The summed E-state index contributed by atoms with van der Waals surface area (Å²) in [6.07, 6.45) is 2.02. The smallest absolute Gasteiger partial charge is 0.245 e. The second kappa shape index (κ2) is 31.4. The number of carbonyl (C=O) groups is 10. The number of carbonyl (C=O) groups excluding carboxylic acids is 10. The van der Waals surface area contributed by atoms with E-state index in [0.29, 0.717) is 57.2 Å². The molecule has 24 nitrogen and oxygen atoms in total. The van der Waals surface area contributed by atoms with Gasteiger partial charge < -0.3 is 69.7 Å². The molecule has 2 rings (SSSR count). The number of aromatic hydroxyl groups is 1. The fourth-order valence-electron chi connectivity index (χ4n) is 7.90. The van der Waals surface area contributed by atoms with Gasteiger partial charge in [0.25, 0.3) is 0 Å². The number of nitrogens with one attached hydrogen (secondary N) is 8. The molecule has 1 aliphatic rings. The van der Waals surface area contributed by atoms with Crippen molar-refractivity contribution in [1.82, 2.24) is 47.4 Å². The molecular weight excluding hydrogens is 935 g/mol. The van der Waals surface area contributed by atoms with E-state index in [-0.39, 0.29) is 56.3 Å². The van der Waals surface area contributed by atoms with E-state index < -0.39 is 114 Å². The van der Waals surface area contributed by atoms with Gasteiger partial charge in [-0.3, -0.25) is 52.9 Å². The molecule has 1 aliphatic heterocycles. The summed E-state index contributed by atoms with van der Waals surface area (Å²) in [5, 5.41) is 31.2.